The molecule has 0 radical (unpaired) electrons. The molecule has 3 N–H and O–H groups in total. The number of hydrogen-bond acceptors (Lipinski definition) is 2. The third kappa shape index (κ3) is 1.09. The lowest BCUT2D eigenvalue weighted by molar-refractivity contribution is 0.984. The van der Waals surface area contributed by atoms with Crippen molar-refractivity contribution in [3.8, 4) is 0 Å². The number of rotatable bonds is 2. The molecule has 0 amide bonds. The minimum Gasteiger partial charge on any atom is -0.402 e. The van der Waals surface area contributed by atoms with E-state index in [1.807, 2.05) is 0 Å². The molecule has 2 heteroatoms. The van der Waals surface area contributed by atoms with E-state index in [0.29, 0.717) is 5.92 Å². The van der Waals surface area contributed by atoms with Gasteiger partial charge in [-0.05, 0) is 24.8 Å². The van der Waals surface area contributed by atoms with Gasteiger partial charge in [0.1, 0.15) is 0 Å². The van der Waals surface area contributed by atoms with Crippen LogP contribution in [-0.2, 0) is 0 Å². The molecule has 2 nitrogen and oxygen atoms in total. The Kier molecular flexibility index (Phi) is 1.33. The van der Waals surface area contributed by atoms with Crippen molar-refractivity contribution >= 4 is 6.21 Å². The lowest BCUT2D eigenvalue weighted by atomic mass is 10.3. The second-order valence-corrected chi connectivity index (χ2v) is 2.11. The maximum Gasteiger partial charge on any atom is 0.0194 e. The molecule has 44 valence electrons. The van der Waals surface area contributed by atoms with Crippen LogP contribution in [0.1, 0.15) is 12.8 Å². The highest BCUT2D eigenvalue weighted by Gasteiger charge is 2.23. The van der Waals surface area contributed by atoms with Crippen LogP contribution in [0, 0.1) is 11.3 Å². The predicted molar refractivity (Wildman–Crippen MR) is 33.8 cm³/mol. The summed E-state index contributed by atoms with van der Waals surface area (Å²) < 4.78 is 0. The van der Waals surface area contributed by atoms with Gasteiger partial charge in [0.25, 0.3) is 0 Å². The summed E-state index contributed by atoms with van der Waals surface area (Å²) in [5.74, 6) is 0.608. The van der Waals surface area contributed by atoms with Gasteiger partial charge in [0.05, 0.1) is 0 Å². The third-order valence-corrected chi connectivity index (χ3v) is 1.32. The van der Waals surface area contributed by atoms with Gasteiger partial charge in [0, 0.05) is 11.9 Å². The SMILES string of the molecule is N=C/C=C(\N)C1CC1. The second-order valence-electron chi connectivity index (χ2n) is 2.11. The molecule has 0 aromatic heterocycles. The Morgan fingerprint density at radius 3 is 2.62 bits per heavy atom. The summed E-state index contributed by atoms with van der Waals surface area (Å²) in [5.41, 5.74) is 6.37. The van der Waals surface area contributed by atoms with Crippen molar-refractivity contribution in [2.45, 2.75) is 12.8 Å². The van der Waals surface area contributed by atoms with E-state index < -0.39 is 0 Å². The van der Waals surface area contributed by atoms with Crippen molar-refractivity contribution in [1.29, 1.82) is 5.41 Å². The highest BCUT2D eigenvalue weighted by Crippen LogP contribution is 2.33. The fraction of sp³-hybridized carbons (Fsp3) is 0.500. The molecule has 0 unspecified atom stereocenters. The third-order valence-electron chi connectivity index (χ3n) is 1.32. The molecular weight excluding hydrogens is 100 g/mol. The predicted octanol–water partition coefficient (Wildman–Crippen LogP) is 0.889. The lowest BCUT2D eigenvalue weighted by Gasteiger charge is -1.90. The van der Waals surface area contributed by atoms with E-state index in [1.54, 1.807) is 6.08 Å². The summed E-state index contributed by atoms with van der Waals surface area (Å²) in [4.78, 5) is 0. The van der Waals surface area contributed by atoms with E-state index in [-0.39, 0.29) is 0 Å². The van der Waals surface area contributed by atoms with E-state index in [9.17, 15) is 0 Å². The molecule has 1 rings (SSSR count). The summed E-state index contributed by atoms with van der Waals surface area (Å²) in [5, 5.41) is 6.67. The normalized spacial score (nSPS) is 20.8. The van der Waals surface area contributed by atoms with Crippen LogP contribution in [0.5, 0.6) is 0 Å². The Labute approximate surface area is 48.9 Å². The maximum absolute atomic E-state index is 6.67. The Hall–Kier alpha value is -0.790. The van der Waals surface area contributed by atoms with Crippen LogP contribution in [0.25, 0.3) is 0 Å². The van der Waals surface area contributed by atoms with Gasteiger partial charge in [-0.2, -0.15) is 0 Å². The first kappa shape index (κ1) is 5.35. The van der Waals surface area contributed by atoms with E-state index in [4.69, 9.17) is 11.1 Å². The zero-order chi connectivity index (χ0) is 5.98. The van der Waals surface area contributed by atoms with E-state index in [0.717, 1.165) is 5.70 Å². The Balaban J connectivity index is 2.41. The van der Waals surface area contributed by atoms with Crippen LogP contribution in [0.3, 0.4) is 0 Å². The molecule has 1 saturated carbocycles. The lowest BCUT2D eigenvalue weighted by Crippen LogP contribution is -1.98. The first-order valence-corrected chi connectivity index (χ1v) is 2.80. The second kappa shape index (κ2) is 1.99. The Morgan fingerprint density at radius 2 is 2.25 bits per heavy atom. The Morgan fingerprint density at radius 1 is 1.62 bits per heavy atom. The van der Waals surface area contributed by atoms with Crippen molar-refractivity contribution < 1.29 is 0 Å². The van der Waals surface area contributed by atoms with Crippen LogP contribution in [0.2, 0.25) is 0 Å². The molecule has 0 heterocycles. The quantitative estimate of drug-likeness (QED) is 0.509. The minimum absolute atomic E-state index is 0.608. The van der Waals surface area contributed by atoms with Gasteiger partial charge in [-0.25, -0.2) is 0 Å². The summed E-state index contributed by atoms with van der Waals surface area (Å²) in [6, 6.07) is 0. The highest BCUT2D eigenvalue weighted by atomic mass is 14.6. The number of nitrogens with one attached hydrogen (secondary N) is 1. The summed E-state index contributed by atoms with van der Waals surface area (Å²) in [6.45, 7) is 0. The molecule has 1 aliphatic rings. The van der Waals surface area contributed by atoms with Gasteiger partial charge < -0.3 is 11.1 Å². The van der Waals surface area contributed by atoms with Crippen LogP contribution in [0.4, 0.5) is 0 Å². The molecule has 0 saturated heterocycles. The molecule has 0 aromatic carbocycles. The zero-order valence-corrected chi connectivity index (χ0v) is 4.72. The number of nitrogens with two attached hydrogens (primary N) is 1. The van der Waals surface area contributed by atoms with Crippen molar-refractivity contribution in [3.05, 3.63) is 11.8 Å². The first-order chi connectivity index (χ1) is 3.84. The first-order valence-electron chi connectivity index (χ1n) is 2.80. The molecule has 0 bridgehead atoms. The summed E-state index contributed by atoms with van der Waals surface area (Å²) >= 11 is 0. The summed E-state index contributed by atoms with van der Waals surface area (Å²) in [7, 11) is 0. The fourth-order valence-electron chi connectivity index (χ4n) is 0.649. The molecule has 0 atom stereocenters. The van der Waals surface area contributed by atoms with Crippen LogP contribution in [0.15, 0.2) is 11.8 Å². The van der Waals surface area contributed by atoms with Gasteiger partial charge >= 0.3 is 0 Å². The molecule has 8 heavy (non-hydrogen) atoms. The maximum atomic E-state index is 6.67. The monoisotopic (exact) mass is 110 g/mol. The minimum atomic E-state index is 0.608. The standard InChI is InChI=1S/C6H10N2/c7-4-3-6(8)5-1-2-5/h3-5,7H,1-2,8H2/b6-3-,7-4?. The average molecular weight is 110 g/mol. The van der Waals surface area contributed by atoms with Gasteiger partial charge in [-0.3, -0.25) is 0 Å². The van der Waals surface area contributed by atoms with E-state index >= 15 is 0 Å². The van der Waals surface area contributed by atoms with Crippen molar-refractivity contribution in [3.63, 3.8) is 0 Å². The topological polar surface area (TPSA) is 49.9 Å². The average Bonchev–Trinajstić information content (AvgIpc) is 2.45. The van der Waals surface area contributed by atoms with Crippen LogP contribution < -0.4 is 5.73 Å². The molecule has 1 aliphatic carbocycles. The van der Waals surface area contributed by atoms with E-state index in [1.165, 1.54) is 19.1 Å². The summed E-state index contributed by atoms with van der Waals surface area (Å²) in [6.07, 6.45) is 5.34. The van der Waals surface area contributed by atoms with Crippen LogP contribution in [-0.4, -0.2) is 6.21 Å². The smallest absolute Gasteiger partial charge is 0.0194 e. The van der Waals surface area contributed by atoms with Gasteiger partial charge in [0.2, 0.25) is 0 Å². The number of allylic oxidation sites excluding steroid dienone is 2. The largest absolute Gasteiger partial charge is 0.402 e. The number of hydrogen-bond donors (Lipinski definition) is 2. The van der Waals surface area contributed by atoms with E-state index in [2.05, 4.69) is 0 Å². The molecular formula is C6H10N2. The molecule has 1 fully saturated rings. The van der Waals surface area contributed by atoms with Gasteiger partial charge in [-0.1, -0.05) is 0 Å². The van der Waals surface area contributed by atoms with Crippen molar-refractivity contribution in [1.82, 2.24) is 0 Å². The van der Waals surface area contributed by atoms with Crippen LogP contribution >= 0.6 is 0 Å². The zero-order valence-electron chi connectivity index (χ0n) is 4.72. The molecule has 0 spiro atoms. The van der Waals surface area contributed by atoms with Crippen molar-refractivity contribution in [2.75, 3.05) is 0 Å². The van der Waals surface area contributed by atoms with Gasteiger partial charge in [-0.15, -0.1) is 0 Å². The fourth-order valence-corrected chi connectivity index (χ4v) is 0.649. The van der Waals surface area contributed by atoms with Gasteiger partial charge in [0.15, 0.2) is 0 Å². The van der Waals surface area contributed by atoms with Crippen molar-refractivity contribution in [2.24, 2.45) is 11.7 Å². The molecule has 0 aromatic rings. The molecule has 0 aliphatic heterocycles. The highest BCUT2D eigenvalue weighted by molar-refractivity contribution is 5.68. The Bertz CT molecular complexity index is 122.